The Labute approximate surface area is 200 Å². The monoisotopic (exact) mass is 558 g/mol. The number of rotatable bonds is 11. The number of methoxy groups -OCH3 is 1. The van der Waals surface area contributed by atoms with Gasteiger partial charge in [-0.3, -0.25) is 9.89 Å². The first kappa shape index (κ1) is 27.8. The molecule has 0 radical (unpaired) electrons. The van der Waals surface area contributed by atoms with Crippen LogP contribution in [0.5, 0.6) is 5.75 Å². The number of nitrogens with one attached hydrogen (secondary N) is 2. The van der Waals surface area contributed by atoms with Crippen LogP contribution in [0, 0.1) is 0 Å². The molecule has 6 nitrogen and oxygen atoms in total. The first-order chi connectivity index (χ1) is 14.4. The van der Waals surface area contributed by atoms with Crippen LogP contribution < -0.4 is 15.4 Å². The van der Waals surface area contributed by atoms with Crippen molar-refractivity contribution in [1.29, 1.82) is 0 Å². The van der Waals surface area contributed by atoms with Crippen LogP contribution in [-0.2, 0) is 4.74 Å². The van der Waals surface area contributed by atoms with Crippen LogP contribution in [0.1, 0.15) is 37.8 Å². The SMILES string of the molecule is CCNC(=NCC(c1ccccc1OC)N1CCCC1)NCCCOCC(F)(F)F.I. The fraction of sp³-hybridized carbons (Fsp3) is 0.667. The molecule has 178 valence electrons. The Hall–Kier alpha value is -1.27. The maximum atomic E-state index is 12.1. The molecule has 1 unspecified atom stereocenters. The van der Waals surface area contributed by atoms with E-state index < -0.39 is 12.8 Å². The van der Waals surface area contributed by atoms with E-state index in [9.17, 15) is 13.2 Å². The number of para-hydroxylation sites is 1. The fourth-order valence-corrected chi connectivity index (χ4v) is 3.49. The lowest BCUT2D eigenvalue weighted by molar-refractivity contribution is -0.173. The average molecular weight is 558 g/mol. The van der Waals surface area contributed by atoms with Gasteiger partial charge in [0, 0.05) is 25.3 Å². The van der Waals surface area contributed by atoms with E-state index in [1.54, 1.807) is 7.11 Å². The number of nitrogens with zero attached hydrogens (tertiary/aromatic N) is 2. The Balaban J connectivity index is 0.00000480. The molecule has 1 fully saturated rings. The van der Waals surface area contributed by atoms with Gasteiger partial charge in [-0.1, -0.05) is 18.2 Å². The van der Waals surface area contributed by atoms with Crippen molar-refractivity contribution in [3.05, 3.63) is 29.8 Å². The fourth-order valence-electron chi connectivity index (χ4n) is 3.49. The highest BCUT2D eigenvalue weighted by Crippen LogP contribution is 2.31. The van der Waals surface area contributed by atoms with Crippen LogP contribution in [0.25, 0.3) is 0 Å². The number of hydrogen-bond acceptors (Lipinski definition) is 4. The summed E-state index contributed by atoms with van der Waals surface area (Å²) in [5, 5.41) is 6.36. The lowest BCUT2D eigenvalue weighted by Crippen LogP contribution is -2.39. The van der Waals surface area contributed by atoms with Crippen molar-refractivity contribution < 1.29 is 22.6 Å². The number of guanidine groups is 1. The van der Waals surface area contributed by atoms with Crippen molar-refractivity contribution in [3.8, 4) is 5.75 Å². The third kappa shape index (κ3) is 10.3. The molecule has 1 aromatic carbocycles. The zero-order valence-electron chi connectivity index (χ0n) is 18.2. The summed E-state index contributed by atoms with van der Waals surface area (Å²) in [5.41, 5.74) is 1.11. The van der Waals surface area contributed by atoms with Crippen LogP contribution in [0.4, 0.5) is 13.2 Å². The molecular weight excluding hydrogens is 524 g/mol. The van der Waals surface area contributed by atoms with Crippen LogP contribution in [0.15, 0.2) is 29.3 Å². The summed E-state index contributed by atoms with van der Waals surface area (Å²) in [6, 6.07) is 8.12. The topological polar surface area (TPSA) is 58.1 Å². The quantitative estimate of drug-likeness (QED) is 0.186. The second-order valence-corrected chi connectivity index (χ2v) is 7.17. The highest BCUT2D eigenvalue weighted by Gasteiger charge is 2.27. The predicted molar refractivity (Wildman–Crippen MR) is 127 cm³/mol. The minimum Gasteiger partial charge on any atom is -0.496 e. The number of benzene rings is 1. The van der Waals surface area contributed by atoms with E-state index in [0.29, 0.717) is 32.0 Å². The Kier molecular flexibility index (Phi) is 13.2. The maximum Gasteiger partial charge on any atom is 0.411 e. The van der Waals surface area contributed by atoms with Gasteiger partial charge in [0.05, 0.1) is 19.7 Å². The molecule has 0 bridgehead atoms. The normalized spacial score (nSPS) is 16.0. The molecule has 2 N–H and O–H groups in total. The van der Waals surface area contributed by atoms with E-state index in [4.69, 9.17) is 9.73 Å². The smallest absolute Gasteiger partial charge is 0.411 e. The number of likely N-dealkylation sites (tertiary alicyclic amines) is 1. The van der Waals surface area contributed by atoms with Crippen molar-refractivity contribution >= 4 is 29.9 Å². The van der Waals surface area contributed by atoms with Crippen molar-refractivity contribution in [3.63, 3.8) is 0 Å². The van der Waals surface area contributed by atoms with E-state index in [1.165, 1.54) is 12.8 Å². The molecule has 1 saturated heterocycles. The van der Waals surface area contributed by atoms with Gasteiger partial charge in [0.15, 0.2) is 5.96 Å². The van der Waals surface area contributed by atoms with Crippen LogP contribution in [0.3, 0.4) is 0 Å². The molecule has 0 aromatic heterocycles. The van der Waals surface area contributed by atoms with Crippen molar-refractivity contribution in [2.75, 3.05) is 53.0 Å². The van der Waals surface area contributed by atoms with Gasteiger partial charge in [-0.2, -0.15) is 13.2 Å². The lowest BCUT2D eigenvalue weighted by atomic mass is 10.0. The predicted octanol–water partition coefficient (Wildman–Crippen LogP) is 3.97. The summed E-state index contributed by atoms with van der Waals surface area (Å²) >= 11 is 0. The second kappa shape index (κ2) is 14.7. The Morgan fingerprint density at radius 3 is 2.55 bits per heavy atom. The highest BCUT2D eigenvalue weighted by molar-refractivity contribution is 14.0. The van der Waals surface area contributed by atoms with Gasteiger partial charge in [0.25, 0.3) is 0 Å². The Morgan fingerprint density at radius 1 is 1.19 bits per heavy atom. The zero-order valence-corrected chi connectivity index (χ0v) is 20.5. The maximum absolute atomic E-state index is 12.1. The summed E-state index contributed by atoms with van der Waals surface area (Å²) in [4.78, 5) is 7.17. The molecule has 31 heavy (non-hydrogen) atoms. The van der Waals surface area contributed by atoms with Gasteiger partial charge in [0.2, 0.25) is 0 Å². The summed E-state index contributed by atoms with van der Waals surface area (Å²) in [7, 11) is 1.68. The molecule has 0 saturated carbocycles. The Morgan fingerprint density at radius 2 is 1.90 bits per heavy atom. The standard InChI is InChI=1S/C21H33F3N4O2.HI/c1-3-25-20(26-11-8-14-30-16-21(22,23)24)27-15-18(28-12-6-7-13-28)17-9-4-5-10-19(17)29-2;/h4-5,9-10,18H,3,6-8,11-16H2,1-2H3,(H2,25,26,27);1H. The third-order valence-corrected chi connectivity index (χ3v) is 4.87. The number of ether oxygens (including phenoxy) is 2. The molecule has 2 rings (SSSR count). The second-order valence-electron chi connectivity index (χ2n) is 7.17. The van der Waals surface area contributed by atoms with Crippen molar-refractivity contribution in [1.82, 2.24) is 15.5 Å². The number of aliphatic imine (C=N–C) groups is 1. The minimum absolute atomic E-state index is 0. The molecule has 1 heterocycles. The van der Waals surface area contributed by atoms with E-state index >= 15 is 0 Å². The van der Waals surface area contributed by atoms with E-state index in [0.717, 1.165) is 24.4 Å². The first-order valence-electron chi connectivity index (χ1n) is 10.5. The summed E-state index contributed by atoms with van der Waals surface area (Å²) < 4.78 is 46.5. The number of alkyl halides is 3. The number of halogens is 4. The van der Waals surface area contributed by atoms with E-state index in [2.05, 4.69) is 26.3 Å². The van der Waals surface area contributed by atoms with Gasteiger partial charge >= 0.3 is 6.18 Å². The molecule has 1 aromatic rings. The number of hydrogen-bond donors (Lipinski definition) is 2. The lowest BCUT2D eigenvalue weighted by Gasteiger charge is -2.28. The zero-order chi connectivity index (χ0) is 21.8. The highest BCUT2D eigenvalue weighted by atomic mass is 127. The van der Waals surface area contributed by atoms with Gasteiger partial charge in [0.1, 0.15) is 12.4 Å². The first-order valence-corrected chi connectivity index (χ1v) is 10.5. The molecule has 1 aliphatic heterocycles. The van der Waals surface area contributed by atoms with Crippen LogP contribution in [-0.4, -0.2) is 70.1 Å². The van der Waals surface area contributed by atoms with Gasteiger partial charge in [-0.05, 0) is 45.3 Å². The van der Waals surface area contributed by atoms with Gasteiger partial charge in [-0.15, -0.1) is 24.0 Å². The van der Waals surface area contributed by atoms with Gasteiger partial charge < -0.3 is 20.1 Å². The molecule has 1 aliphatic rings. The minimum atomic E-state index is -4.28. The molecule has 1 atom stereocenters. The average Bonchev–Trinajstić information content (AvgIpc) is 3.24. The van der Waals surface area contributed by atoms with Crippen molar-refractivity contribution in [2.45, 2.75) is 38.4 Å². The van der Waals surface area contributed by atoms with Gasteiger partial charge in [-0.25, -0.2) is 0 Å². The third-order valence-electron chi connectivity index (χ3n) is 4.87. The van der Waals surface area contributed by atoms with E-state index in [-0.39, 0.29) is 36.6 Å². The molecule has 0 amide bonds. The van der Waals surface area contributed by atoms with Crippen LogP contribution >= 0.6 is 24.0 Å². The molecule has 0 spiro atoms. The summed E-state index contributed by atoms with van der Waals surface area (Å²) in [5.74, 6) is 1.50. The van der Waals surface area contributed by atoms with Crippen LogP contribution in [0.2, 0.25) is 0 Å². The Bertz CT molecular complexity index is 656. The molecule has 0 aliphatic carbocycles. The largest absolute Gasteiger partial charge is 0.496 e. The summed E-state index contributed by atoms with van der Waals surface area (Å²) in [6.45, 7) is 4.59. The van der Waals surface area contributed by atoms with Crippen molar-refractivity contribution in [2.24, 2.45) is 4.99 Å². The summed E-state index contributed by atoms with van der Waals surface area (Å²) in [6.07, 6.45) is -1.48. The molecular formula is C21H34F3IN4O2. The molecule has 10 heteroatoms. The van der Waals surface area contributed by atoms with E-state index in [1.807, 2.05) is 25.1 Å².